The minimum atomic E-state index is -0.342. The molecular weight excluding hydrogens is 282 g/mol. The Labute approximate surface area is 119 Å². The van der Waals surface area contributed by atoms with Gasteiger partial charge in [0.15, 0.2) is 5.82 Å². The second kappa shape index (κ2) is 6.66. The number of aromatic nitrogens is 3. The van der Waals surface area contributed by atoms with Crippen LogP contribution in [0.15, 0.2) is 17.5 Å². The maximum absolute atomic E-state index is 11.6. The highest BCUT2D eigenvalue weighted by Gasteiger charge is 2.08. The van der Waals surface area contributed by atoms with Crippen LogP contribution in [0.25, 0.3) is 0 Å². The number of hydrogen-bond acceptors (Lipinski definition) is 7. The molecule has 0 saturated carbocycles. The first-order chi connectivity index (χ1) is 9.71. The van der Waals surface area contributed by atoms with Crippen molar-refractivity contribution in [2.75, 3.05) is 19.5 Å². The molecule has 2 heterocycles. The summed E-state index contributed by atoms with van der Waals surface area (Å²) in [5, 5.41) is 7.95. The summed E-state index contributed by atoms with van der Waals surface area (Å²) in [4.78, 5) is 23.5. The fourth-order valence-corrected chi connectivity index (χ4v) is 1.92. The molecule has 0 aliphatic rings. The Morgan fingerprint density at radius 2 is 1.95 bits per heavy atom. The van der Waals surface area contributed by atoms with Crippen LogP contribution in [0.3, 0.4) is 0 Å². The maximum atomic E-state index is 11.6. The number of ether oxygens (including phenoxy) is 2. The Balaban J connectivity index is 1.94. The van der Waals surface area contributed by atoms with E-state index in [1.165, 1.54) is 25.6 Å². The number of nitrogens with one attached hydrogen (secondary N) is 2. The standard InChI is InChI=1S/C11H13N5O3S/c1-18-10-13-7(14-11(16-10)19-2)6-12-9(17)15-8-4-3-5-20-8/h3-5H,6H2,1-2H3,(H2,12,15,17). The van der Waals surface area contributed by atoms with Gasteiger partial charge in [-0.3, -0.25) is 5.32 Å². The van der Waals surface area contributed by atoms with Crippen molar-refractivity contribution >= 4 is 22.4 Å². The van der Waals surface area contributed by atoms with Gasteiger partial charge in [-0.1, -0.05) is 0 Å². The lowest BCUT2D eigenvalue weighted by molar-refractivity contribution is 0.251. The Morgan fingerprint density at radius 3 is 2.50 bits per heavy atom. The summed E-state index contributed by atoms with van der Waals surface area (Å²) >= 11 is 1.43. The molecule has 2 N–H and O–H groups in total. The first-order valence-electron chi connectivity index (χ1n) is 5.62. The summed E-state index contributed by atoms with van der Waals surface area (Å²) in [5.74, 6) is 0.343. The summed E-state index contributed by atoms with van der Waals surface area (Å²) in [7, 11) is 2.88. The second-order valence-electron chi connectivity index (χ2n) is 3.51. The summed E-state index contributed by atoms with van der Waals surface area (Å²) in [5.41, 5.74) is 0. The Bertz CT molecular complexity index is 553. The molecule has 0 aliphatic heterocycles. The number of thiophene rings is 1. The van der Waals surface area contributed by atoms with Crippen LogP contribution < -0.4 is 20.1 Å². The van der Waals surface area contributed by atoms with Gasteiger partial charge in [-0.05, 0) is 17.5 Å². The fraction of sp³-hybridized carbons (Fsp3) is 0.273. The number of urea groups is 1. The van der Waals surface area contributed by atoms with E-state index in [1.54, 1.807) is 6.07 Å². The summed E-state index contributed by atoms with van der Waals surface area (Å²) in [6.45, 7) is 0.131. The molecule has 106 valence electrons. The van der Waals surface area contributed by atoms with E-state index in [4.69, 9.17) is 9.47 Å². The Morgan fingerprint density at radius 1 is 1.25 bits per heavy atom. The molecule has 0 aromatic carbocycles. The third-order valence-electron chi connectivity index (χ3n) is 2.17. The molecule has 0 atom stereocenters. The molecule has 0 aliphatic carbocycles. The number of nitrogens with zero attached hydrogens (tertiary/aromatic N) is 3. The largest absolute Gasteiger partial charge is 0.467 e. The van der Waals surface area contributed by atoms with Crippen molar-refractivity contribution in [3.8, 4) is 12.0 Å². The van der Waals surface area contributed by atoms with Gasteiger partial charge in [0, 0.05) is 0 Å². The molecule has 0 bridgehead atoms. The van der Waals surface area contributed by atoms with Crippen molar-refractivity contribution in [3.63, 3.8) is 0 Å². The predicted octanol–water partition coefficient (Wildman–Crippen LogP) is 1.27. The number of amides is 2. The minimum Gasteiger partial charge on any atom is -0.467 e. The molecule has 0 radical (unpaired) electrons. The molecule has 0 saturated heterocycles. The molecule has 0 spiro atoms. The minimum absolute atomic E-state index is 0.131. The van der Waals surface area contributed by atoms with Crippen LogP contribution in [0.4, 0.5) is 9.80 Å². The van der Waals surface area contributed by atoms with Crippen LogP contribution in [0.2, 0.25) is 0 Å². The van der Waals surface area contributed by atoms with Gasteiger partial charge >= 0.3 is 18.1 Å². The predicted molar refractivity (Wildman–Crippen MR) is 73.1 cm³/mol. The van der Waals surface area contributed by atoms with Crippen LogP contribution in [-0.2, 0) is 6.54 Å². The summed E-state index contributed by atoms with van der Waals surface area (Å²) < 4.78 is 9.84. The van der Waals surface area contributed by atoms with Gasteiger partial charge in [-0.2, -0.15) is 9.97 Å². The first kappa shape index (κ1) is 14.0. The Hall–Kier alpha value is -2.42. The van der Waals surface area contributed by atoms with Crippen molar-refractivity contribution in [1.29, 1.82) is 0 Å². The molecule has 0 fully saturated rings. The van der Waals surface area contributed by atoms with Crippen LogP contribution >= 0.6 is 11.3 Å². The van der Waals surface area contributed by atoms with Crippen LogP contribution in [0.1, 0.15) is 5.82 Å². The number of carbonyl (C=O) groups excluding carboxylic acids is 1. The number of anilines is 1. The molecule has 2 amide bonds. The van der Waals surface area contributed by atoms with Crippen molar-refractivity contribution in [2.45, 2.75) is 6.54 Å². The van der Waals surface area contributed by atoms with E-state index in [0.717, 1.165) is 5.00 Å². The Kier molecular flexibility index (Phi) is 4.66. The van der Waals surface area contributed by atoms with Gasteiger partial charge in [0.1, 0.15) is 0 Å². The van der Waals surface area contributed by atoms with Gasteiger partial charge in [-0.15, -0.1) is 16.3 Å². The van der Waals surface area contributed by atoms with Crippen LogP contribution in [-0.4, -0.2) is 35.2 Å². The highest BCUT2D eigenvalue weighted by Crippen LogP contribution is 2.14. The highest BCUT2D eigenvalue weighted by molar-refractivity contribution is 7.14. The van der Waals surface area contributed by atoms with E-state index in [0.29, 0.717) is 5.82 Å². The number of carbonyl (C=O) groups is 1. The van der Waals surface area contributed by atoms with Crippen molar-refractivity contribution < 1.29 is 14.3 Å². The summed E-state index contributed by atoms with van der Waals surface area (Å²) in [6.07, 6.45) is 0. The van der Waals surface area contributed by atoms with Crippen LogP contribution in [0.5, 0.6) is 12.0 Å². The quantitative estimate of drug-likeness (QED) is 0.862. The van der Waals surface area contributed by atoms with Crippen molar-refractivity contribution in [3.05, 3.63) is 23.3 Å². The number of rotatable bonds is 5. The van der Waals surface area contributed by atoms with Gasteiger partial charge in [0.05, 0.1) is 25.8 Å². The van der Waals surface area contributed by atoms with Crippen molar-refractivity contribution in [1.82, 2.24) is 20.3 Å². The van der Waals surface area contributed by atoms with Crippen LogP contribution in [0, 0.1) is 0 Å². The molecule has 0 unspecified atom stereocenters. The lowest BCUT2D eigenvalue weighted by atomic mass is 10.5. The number of methoxy groups -OCH3 is 2. The van der Waals surface area contributed by atoms with E-state index < -0.39 is 0 Å². The second-order valence-corrected chi connectivity index (χ2v) is 4.46. The average molecular weight is 295 g/mol. The smallest absolute Gasteiger partial charge is 0.322 e. The van der Waals surface area contributed by atoms with Gasteiger partial charge in [0.25, 0.3) is 0 Å². The third-order valence-corrected chi connectivity index (χ3v) is 2.96. The van der Waals surface area contributed by atoms with E-state index >= 15 is 0 Å². The maximum Gasteiger partial charge on any atom is 0.322 e. The lowest BCUT2D eigenvalue weighted by Crippen LogP contribution is -2.28. The first-order valence-corrected chi connectivity index (χ1v) is 6.50. The highest BCUT2D eigenvalue weighted by atomic mass is 32.1. The molecule has 2 rings (SSSR count). The zero-order valence-electron chi connectivity index (χ0n) is 10.9. The SMILES string of the molecule is COc1nc(CNC(=O)Nc2cccs2)nc(OC)n1. The average Bonchev–Trinajstić information content (AvgIpc) is 2.97. The normalized spacial score (nSPS) is 9.90. The molecular formula is C11H13N5O3S. The topological polar surface area (TPSA) is 98.3 Å². The lowest BCUT2D eigenvalue weighted by Gasteiger charge is -2.07. The molecule has 20 heavy (non-hydrogen) atoms. The van der Waals surface area contributed by atoms with E-state index in [9.17, 15) is 4.79 Å². The molecule has 9 heteroatoms. The van der Waals surface area contributed by atoms with E-state index in [1.807, 2.05) is 11.4 Å². The van der Waals surface area contributed by atoms with Gasteiger partial charge in [-0.25, -0.2) is 4.79 Å². The molecule has 2 aromatic heterocycles. The zero-order valence-corrected chi connectivity index (χ0v) is 11.7. The fourth-order valence-electron chi connectivity index (χ4n) is 1.30. The summed E-state index contributed by atoms with van der Waals surface area (Å²) in [6, 6.07) is 3.58. The van der Waals surface area contributed by atoms with Crippen molar-refractivity contribution in [2.24, 2.45) is 0 Å². The molecule has 8 nitrogen and oxygen atoms in total. The third kappa shape index (κ3) is 3.79. The number of hydrogen-bond donors (Lipinski definition) is 2. The van der Waals surface area contributed by atoms with Gasteiger partial charge in [0.2, 0.25) is 0 Å². The zero-order chi connectivity index (χ0) is 14.4. The van der Waals surface area contributed by atoms with E-state index in [-0.39, 0.29) is 24.6 Å². The van der Waals surface area contributed by atoms with Gasteiger partial charge < -0.3 is 14.8 Å². The monoisotopic (exact) mass is 295 g/mol. The van der Waals surface area contributed by atoms with E-state index in [2.05, 4.69) is 25.6 Å². The molecule has 2 aromatic rings.